The van der Waals surface area contributed by atoms with E-state index < -0.39 is 0 Å². The minimum Gasteiger partial charge on any atom is -0.393 e. The zero-order valence-corrected chi connectivity index (χ0v) is 9.93. The summed E-state index contributed by atoms with van der Waals surface area (Å²) in [5.74, 6) is 0.504. The Morgan fingerprint density at radius 1 is 0.933 bits per heavy atom. The maximum absolute atomic E-state index is 9.43. The summed E-state index contributed by atoms with van der Waals surface area (Å²) in [6.45, 7) is 0. The van der Waals surface area contributed by atoms with Crippen LogP contribution in [0.25, 0.3) is 0 Å². The Hall–Kier alpha value is -0.240. The molecule has 0 unspecified atom stereocenters. The molecule has 0 radical (unpaired) electrons. The van der Waals surface area contributed by atoms with E-state index >= 15 is 0 Å². The highest BCUT2D eigenvalue weighted by molar-refractivity contribution is 6.34. The third-order valence-corrected chi connectivity index (χ3v) is 3.49. The van der Waals surface area contributed by atoms with Gasteiger partial charge >= 0.3 is 0 Å². The Bertz CT molecular complexity index is 323. The minimum absolute atomic E-state index is 0.115. The van der Waals surface area contributed by atoms with Gasteiger partial charge in [-0.25, -0.2) is 0 Å². The molecule has 1 aliphatic carbocycles. The first kappa shape index (κ1) is 11.3. The van der Waals surface area contributed by atoms with Crippen molar-refractivity contribution < 1.29 is 5.11 Å². The van der Waals surface area contributed by atoms with Gasteiger partial charge in [0.15, 0.2) is 0 Å². The molecule has 1 N–H and O–H groups in total. The van der Waals surface area contributed by atoms with E-state index in [4.69, 9.17) is 23.2 Å². The predicted molar refractivity (Wildman–Crippen MR) is 63.7 cm³/mol. The molecule has 0 atom stereocenters. The van der Waals surface area contributed by atoms with Crippen molar-refractivity contribution in [3.8, 4) is 0 Å². The molecular weight excluding hydrogens is 231 g/mol. The second kappa shape index (κ2) is 4.73. The number of hydrogen-bond acceptors (Lipinski definition) is 1. The molecule has 0 amide bonds. The van der Waals surface area contributed by atoms with Gasteiger partial charge in [-0.2, -0.15) is 0 Å². The SMILES string of the molecule is O[C@H]1CC[C@H](c2cc(Cl)cc(Cl)c2)CC1. The summed E-state index contributed by atoms with van der Waals surface area (Å²) < 4.78 is 0. The zero-order chi connectivity index (χ0) is 10.8. The van der Waals surface area contributed by atoms with Crippen molar-refractivity contribution in [2.45, 2.75) is 37.7 Å². The molecule has 1 saturated carbocycles. The predicted octanol–water partition coefficient (Wildman–Crippen LogP) is 4.01. The largest absolute Gasteiger partial charge is 0.393 e. The lowest BCUT2D eigenvalue weighted by molar-refractivity contribution is 0.122. The number of benzene rings is 1. The van der Waals surface area contributed by atoms with Crippen LogP contribution < -0.4 is 0 Å². The third-order valence-electron chi connectivity index (χ3n) is 3.05. The van der Waals surface area contributed by atoms with Crippen LogP contribution in [0.15, 0.2) is 18.2 Å². The average Bonchev–Trinajstić information content (AvgIpc) is 2.17. The van der Waals surface area contributed by atoms with E-state index in [1.54, 1.807) is 6.07 Å². The Morgan fingerprint density at radius 2 is 1.47 bits per heavy atom. The fourth-order valence-electron chi connectivity index (χ4n) is 2.22. The first-order valence-corrected chi connectivity index (χ1v) is 6.05. The van der Waals surface area contributed by atoms with Crippen molar-refractivity contribution in [2.24, 2.45) is 0 Å². The Labute approximate surface area is 100 Å². The van der Waals surface area contributed by atoms with E-state index in [1.165, 1.54) is 5.56 Å². The van der Waals surface area contributed by atoms with Gasteiger partial charge in [-0.15, -0.1) is 0 Å². The highest BCUT2D eigenvalue weighted by Crippen LogP contribution is 2.35. The zero-order valence-electron chi connectivity index (χ0n) is 8.42. The van der Waals surface area contributed by atoms with Gasteiger partial charge in [0.05, 0.1) is 6.10 Å². The van der Waals surface area contributed by atoms with E-state index in [0.29, 0.717) is 16.0 Å². The number of hydrogen-bond donors (Lipinski definition) is 1. The Morgan fingerprint density at radius 3 is 2.00 bits per heavy atom. The smallest absolute Gasteiger partial charge is 0.0540 e. The molecule has 0 spiro atoms. The molecule has 1 aromatic rings. The first-order valence-electron chi connectivity index (χ1n) is 5.29. The van der Waals surface area contributed by atoms with Gasteiger partial charge < -0.3 is 5.11 Å². The molecule has 0 bridgehead atoms. The molecule has 1 nitrogen and oxygen atoms in total. The van der Waals surface area contributed by atoms with E-state index in [2.05, 4.69) is 0 Å². The average molecular weight is 245 g/mol. The van der Waals surface area contributed by atoms with E-state index in [1.807, 2.05) is 12.1 Å². The van der Waals surface area contributed by atoms with Crippen molar-refractivity contribution in [1.29, 1.82) is 0 Å². The number of rotatable bonds is 1. The van der Waals surface area contributed by atoms with Crippen LogP contribution in [0.2, 0.25) is 10.0 Å². The molecule has 82 valence electrons. The fraction of sp³-hybridized carbons (Fsp3) is 0.500. The van der Waals surface area contributed by atoms with Crippen molar-refractivity contribution >= 4 is 23.2 Å². The van der Waals surface area contributed by atoms with E-state index in [-0.39, 0.29) is 6.10 Å². The van der Waals surface area contributed by atoms with Crippen LogP contribution >= 0.6 is 23.2 Å². The summed E-state index contributed by atoms with van der Waals surface area (Å²) in [6, 6.07) is 5.72. The van der Waals surface area contributed by atoms with Crippen molar-refractivity contribution in [1.82, 2.24) is 0 Å². The molecule has 0 saturated heterocycles. The van der Waals surface area contributed by atoms with Crippen molar-refractivity contribution in [2.75, 3.05) is 0 Å². The summed E-state index contributed by atoms with van der Waals surface area (Å²) in [6.07, 6.45) is 3.70. The quantitative estimate of drug-likeness (QED) is 0.792. The van der Waals surface area contributed by atoms with Gasteiger partial charge in [-0.05, 0) is 55.4 Å². The number of aliphatic hydroxyl groups is 1. The van der Waals surface area contributed by atoms with Gasteiger partial charge in [0.25, 0.3) is 0 Å². The monoisotopic (exact) mass is 244 g/mol. The van der Waals surface area contributed by atoms with Crippen molar-refractivity contribution in [3.63, 3.8) is 0 Å². The van der Waals surface area contributed by atoms with Crippen LogP contribution in [-0.4, -0.2) is 11.2 Å². The molecule has 0 aliphatic heterocycles. The number of halogens is 2. The van der Waals surface area contributed by atoms with Crippen LogP contribution in [0, 0.1) is 0 Å². The highest BCUT2D eigenvalue weighted by atomic mass is 35.5. The van der Waals surface area contributed by atoms with E-state index in [9.17, 15) is 5.11 Å². The van der Waals surface area contributed by atoms with E-state index in [0.717, 1.165) is 25.7 Å². The summed E-state index contributed by atoms with van der Waals surface area (Å²) in [7, 11) is 0. The summed E-state index contributed by atoms with van der Waals surface area (Å²) in [5.41, 5.74) is 1.21. The van der Waals surface area contributed by atoms with Crippen LogP contribution in [-0.2, 0) is 0 Å². The molecular formula is C12H14Cl2O. The maximum atomic E-state index is 9.43. The summed E-state index contributed by atoms with van der Waals surface area (Å²) >= 11 is 11.9. The summed E-state index contributed by atoms with van der Waals surface area (Å²) in [4.78, 5) is 0. The van der Waals surface area contributed by atoms with Gasteiger partial charge in [0.2, 0.25) is 0 Å². The molecule has 0 heterocycles. The number of aliphatic hydroxyl groups excluding tert-OH is 1. The molecule has 1 aliphatic rings. The second-order valence-electron chi connectivity index (χ2n) is 4.21. The third kappa shape index (κ3) is 2.87. The lowest BCUT2D eigenvalue weighted by Crippen LogP contribution is -2.16. The molecule has 1 aromatic carbocycles. The fourth-order valence-corrected chi connectivity index (χ4v) is 2.76. The normalized spacial score (nSPS) is 26.6. The lowest BCUT2D eigenvalue weighted by Gasteiger charge is -2.25. The lowest BCUT2D eigenvalue weighted by atomic mass is 9.83. The topological polar surface area (TPSA) is 20.2 Å². The molecule has 3 heteroatoms. The molecule has 1 fully saturated rings. The van der Waals surface area contributed by atoms with Crippen LogP contribution in [0.4, 0.5) is 0 Å². The molecule has 2 rings (SSSR count). The van der Waals surface area contributed by atoms with Crippen LogP contribution in [0.3, 0.4) is 0 Å². The van der Waals surface area contributed by atoms with Crippen LogP contribution in [0.5, 0.6) is 0 Å². The maximum Gasteiger partial charge on any atom is 0.0540 e. The van der Waals surface area contributed by atoms with Gasteiger partial charge in [-0.3, -0.25) is 0 Å². The molecule has 15 heavy (non-hydrogen) atoms. The first-order chi connectivity index (χ1) is 7.15. The van der Waals surface area contributed by atoms with Gasteiger partial charge in [0, 0.05) is 10.0 Å². The highest BCUT2D eigenvalue weighted by Gasteiger charge is 2.21. The summed E-state index contributed by atoms with van der Waals surface area (Å²) in [5, 5.41) is 10.8. The standard InChI is InChI=1S/C12H14Cl2O/c13-10-5-9(6-11(14)7-10)8-1-3-12(15)4-2-8/h5-8,12,15H,1-4H2/t8-,12-. The molecule has 0 aromatic heterocycles. The van der Waals surface area contributed by atoms with Crippen molar-refractivity contribution in [3.05, 3.63) is 33.8 Å². The minimum atomic E-state index is -0.115. The van der Waals surface area contributed by atoms with Gasteiger partial charge in [0.1, 0.15) is 0 Å². The van der Waals surface area contributed by atoms with Gasteiger partial charge in [-0.1, -0.05) is 23.2 Å². The second-order valence-corrected chi connectivity index (χ2v) is 5.08. The van der Waals surface area contributed by atoms with Crippen LogP contribution in [0.1, 0.15) is 37.2 Å². The Balaban J connectivity index is 2.15. The Kier molecular flexibility index (Phi) is 3.55.